The van der Waals surface area contributed by atoms with Gasteiger partial charge in [0.15, 0.2) is 5.60 Å². The minimum Gasteiger partial charge on any atom is -0.418 e. The molecule has 1 heterocycles. The van der Waals surface area contributed by atoms with E-state index in [9.17, 15) is 4.79 Å². The molecular weight excluding hydrogens is 308 g/mol. The van der Waals surface area contributed by atoms with Gasteiger partial charge < -0.3 is 18.9 Å². The summed E-state index contributed by atoms with van der Waals surface area (Å²) < 4.78 is 22.9. The SMILES string of the molecule is COC1(OC)CC2(c3ccccc3)OC(=O)OC12c1ccccc1. The summed E-state index contributed by atoms with van der Waals surface area (Å²) in [6, 6.07) is 19.1. The number of carbonyl (C=O) groups excluding carboxylic acids is 1. The van der Waals surface area contributed by atoms with Crippen LogP contribution in [0, 0.1) is 0 Å². The van der Waals surface area contributed by atoms with E-state index in [-0.39, 0.29) is 0 Å². The van der Waals surface area contributed by atoms with Crippen molar-refractivity contribution in [2.24, 2.45) is 0 Å². The van der Waals surface area contributed by atoms with Crippen LogP contribution in [-0.4, -0.2) is 26.2 Å². The Balaban J connectivity index is 1.99. The minimum absolute atomic E-state index is 0.345. The van der Waals surface area contributed by atoms with Crippen molar-refractivity contribution >= 4 is 6.16 Å². The number of fused-ring (bicyclic) bond motifs is 1. The van der Waals surface area contributed by atoms with Crippen LogP contribution in [0.1, 0.15) is 17.5 Å². The molecule has 0 spiro atoms. The van der Waals surface area contributed by atoms with Crippen LogP contribution in [0.15, 0.2) is 60.7 Å². The van der Waals surface area contributed by atoms with Crippen molar-refractivity contribution in [3.63, 3.8) is 0 Å². The molecule has 1 saturated carbocycles. The van der Waals surface area contributed by atoms with E-state index in [0.717, 1.165) is 11.1 Å². The van der Waals surface area contributed by atoms with E-state index in [4.69, 9.17) is 18.9 Å². The molecule has 2 aromatic carbocycles. The summed E-state index contributed by atoms with van der Waals surface area (Å²) >= 11 is 0. The van der Waals surface area contributed by atoms with Crippen LogP contribution >= 0.6 is 0 Å². The average molecular weight is 326 g/mol. The van der Waals surface area contributed by atoms with Crippen LogP contribution < -0.4 is 0 Å². The summed E-state index contributed by atoms with van der Waals surface area (Å²) in [5, 5.41) is 0. The van der Waals surface area contributed by atoms with Gasteiger partial charge in [-0.15, -0.1) is 0 Å². The van der Waals surface area contributed by atoms with E-state index in [1.165, 1.54) is 0 Å². The molecule has 5 nitrogen and oxygen atoms in total. The van der Waals surface area contributed by atoms with Crippen LogP contribution in [0.5, 0.6) is 0 Å². The Labute approximate surface area is 140 Å². The average Bonchev–Trinajstić information content (AvgIpc) is 2.88. The van der Waals surface area contributed by atoms with Crippen LogP contribution in [-0.2, 0) is 30.1 Å². The summed E-state index contributed by atoms with van der Waals surface area (Å²) in [7, 11) is 3.10. The molecule has 1 aliphatic carbocycles. The molecule has 2 aliphatic rings. The van der Waals surface area contributed by atoms with Crippen LogP contribution in [0.4, 0.5) is 4.79 Å². The normalized spacial score (nSPS) is 30.0. The van der Waals surface area contributed by atoms with Gasteiger partial charge in [-0.3, -0.25) is 0 Å². The minimum atomic E-state index is -1.21. The first-order valence-electron chi connectivity index (χ1n) is 7.77. The van der Waals surface area contributed by atoms with Gasteiger partial charge in [0.2, 0.25) is 11.4 Å². The monoisotopic (exact) mass is 326 g/mol. The van der Waals surface area contributed by atoms with Crippen molar-refractivity contribution in [3.05, 3.63) is 71.8 Å². The summed E-state index contributed by atoms with van der Waals surface area (Å²) in [4.78, 5) is 12.2. The van der Waals surface area contributed by atoms with Gasteiger partial charge in [0.1, 0.15) is 0 Å². The van der Waals surface area contributed by atoms with Crippen molar-refractivity contribution in [2.75, 3.05) is 14.2 Å². The van der Waals surface area contributed by atoms with E-state index < -0.39 is 23.1 Å². The topological polar surface area (TPSA) is 54.0 Å². The highest BCUT2D eigenvalue weighted by Gasteiger charge is 2.86. The quantitative estimate of drug-likeness (QED) is 0.637. The molecule has 0 aromatic heterocycles. The fourth-order valence-corrected chi connectivity index (χ4v) is 4.11. The standard InChI is InChI=1S/C19H18O5/c1-21-18(22-2)13-17(14-9-5-3-6-10-14)19(18,24-16(20)23-17)15-11-7-4-8-12-15/h3-12H,13H2,1-2H3. The van der Waals surface area contributed by atoms with E-state index in [1.807, 2.05) is 60.7 Å². The van der Waals surface area contributed by atoms with E-state index in [2.05, 4.69) is 0 Å². The third-order valence-corrected chi connectivity index (χ3v) is 5.16. The molecule has 4 rings (SSSR count). The molecule has 0 radical (unpaired) electrons. The van der Waals surface area contributed by atoms with Crippen LogP contribution in [0.2, 0.25) is 0 Å². The Morgan fingerprint density at radius 2 is 1.38 bits per heavy atom. The van der Waals surface area contributed by atoms with E-state index in [0.29, 0.717) is 6.42 Å². The van der Waals surface area contributed by atoms with Crippen molar-refractivity contribution in [2.45, 2.75) is 23.4 Å². The first-order valence-corrected chi connectivity index (χ1v) is 7.77. The maximum absolute atomic E-state index is 12.2. The molecule has 1 saturated heterocycles. The third kappa shape index (κ3) is 1.58. The highest BCUT2D eigenvalue weighted by atomic mass is 16.8. The molecule has 0 N–H and O–H groups in total. The molecule has 24 heavy (non-hydrogen) atoms. The second kappa shape index (κ2) is 5.06. The van der Waals surface area contributed by atoms with Gasteiger partial charge >= 0.3 is 6.16 Å². The maximum atomic E-state index is 12.2. The first-order chi connectivity index (χ1) is 11.6. The Kier molecular flexibility index (Phi) is 3.20. The number of hydrogen-bond donors (Lipinski definition) is 0. The van der Waals surface area contributed by atoms with Gasteiger partial charge in [-0.2, -0.15) is 0 Å². The Morgan fingerprint density at radius 3 is 1.92 bits per heavy atom. The highest BCUT2D eigenvalue weighted by Crippen LogP contribution is 2.70. The number of carbonyl (C=O) groups is 1. The van der Waals surface area contributed by atoms with Gasteiger partial charge in [0.25, 0.3) is 0 Å². The van der Waals surface area contributed by atoms with Crippen molar-refractivity contribution in [1.29, 1.82) is 0 Å². The molecule has 2 atom stereocenters. The molecule has 0 bridgehead atoms. The second-order valence-corrected chi connectivity index (χ2v) is 6.03. The predicted molar refractivity (Wildman–Crippen MR) is 85.2 cm³/mol. The fraction of sp³-hybridized carbons (Fsp3) is 0.316. The molecule has 0 amide bonds. The zero-order valence-electron chi connectivity index (χ0n) is 13.5. The van der Waals surface area contributed by atoms with Crippen molar-refractivity contribution < 1.29 is 23.7 Å². The maximum Gasteiger partial charge on any atom is 0.510 e. The summed E-state index contributed by atoms with van der Waals surface area (Å²) in [5.74, 6) is -1.11. The summed E-state index contributed by atoms with van der Waals surface area (Å²) in [6.07, 6.45) is -0.379. The molecule has 5 heteroatoms. The van der Waals surface area contributed by atoms with Gasteiger partial charge in [-0.25, -0.2) is 4.79 Å². The van der Waals surface area contributed by atoms with Crippen LogP contribution in [0.25, 0.3) is 0 Å². The largest absolute Gasteiger partial charge is 0.510 e. The lowest BCUT2D eigenvalue weighted by Crippen LogP contribution is -2.75. The summed E-state index contributed by atoms with van der Waals surface area (Å²) in [6.45, 7) is 0. The Bertz CT molecular complexity index is 756. The first kappa shape index (κ1) is 15.2. The number of benzene rings is 2. The van der Waals surface area contributed by atoms with E-state index >= 15 is 0 Å². The zero-order valence-corrected chi connectivity index (χ0v) is 13.5. The van der Waals surface area contributed by atoms with E-state index in [1.54, 1.807) is 14.2 Å². The molecular formula is C19H18O5. The van der Waals surface area contributed by atoms with Gasteiger partial charge in [0, 0.05) is 25.3 Å². The lowest BCUT2D eigenvalue weighted by molar-refractivity contribution is -0.403. The van der Waals surface area contributed by atoms with Gasteiger partial charge in [-0.05, 0) is 0 Å². The molecule has 2 fully saturated rings. The molecule has 1 aliphatic heterocycles. The van der Waals surface area contributed by atoms with Gasteiger partial charge in [-0.1, -0.05) is 60.7 Å². The number of rotatable bonds is 4. The second-order valence-electron chi connectivity index (χ2n) is 6.03. The smallest absolute Gasteiger partial charge is 0.418 e. The molecule has 2 unspecified atom stereocenters. The third-order valence-electron chi connectivity index (χ3n) is 5.16. The number of ether oxygens (including phenoxy) is 4. The fourth-order valence-electron chi connectivity index (χ4n) is 4.11. The molecule has 2 aromatic rings. The highest BCUT2D eigenvalue weighted by molar-refractivity contribution is 5.69. The predicted octanol–water partition coefficient (Wildman–Crippen LogP) is 3.34. The Hall–Kier alpha value is -2.37. The van der Waals surface area contributed by atoms with Crippen molar-refractivity contribution in [1.82, 2.24) is 0 Å². The summed E-state index contributed by atoms with van der Waals surface area (Å²) in [5.41, 5.74) is -0.568. The van der Waals surface area contributed by atoms with Gasteiger partial charge in [0.05, 0.1) is 6.42 Å². The molecule has 124 valence electrons. The lowest BCUT2D eigenvalue weighted by atomic mass is 9.54. The Morgan fingerprint density at radius 1 is 0.833 bits per heavy atom. The van der Waals surface area contributed by atoms with Crippen molar-refractivity contribution in [3.8, 4) is 0 Å². The number of methoxy groups -OCH3 is 2. The van der Waals surface area contributed by atoms with Crippen LogP contribution in [0.3, 0.4) is 0 Å². The zero-order chi connectivity index (χ0) is 16.8. The lowest BCUT2D eigenvalue weighted by Gasteiger charge is -2.61. The number of hydrogen-bond acceptors (Lipinski definition) is 5.